The molecule has 0 atom stereocenters. The largest absolute Gasteiger partial charge is 0.304 e. The smallest absolute Gasteiger partial charge is 0.285 e. The van der Waals surface area contributed by atoms with Gasteiger partial charge in [0.2, 0.25) is 0 Å². The quantitative estimate of drug-likeness (QED) is 0.630. The fourth-order valence-corrected chi connectivity index (χ4v) is 1.72. The van der Waals surface area contributed by atoms with E-state index in [9.17, 15) is 19.3 Å². The maximum Gasteiger partial charge on any atom is 0.285 e. The first-order chi connectivity index (χ1) is 9.51. The maximum atomic E-state index is 13.0. The highest BCUT2D eigenvalue weighted by Crippen LogP contribution is 2.13. The second-order valence-electron chi connectivity index (χ2n) is 4.02. The van der Waals surface area contributed by atoms with Crippen LogP contribution in [0, 0.1) is 27.3 Å². The first-order valence-corrected chi connectivity index (χ1v) is 5.54. The molecule has 2 rings (SSSR count). The van der Waals surface area contributed by atoms with Crippen molar-refractivity contribution in [3.05, 3.63) is 73.9 Å². The average molecular weight is 273 g/mol. The zero-order valence-corrected chi connectivity index (χ0v) is 10.1. The molecule has 0 amide bonds. The van der Waals surface area contributed by atoms with Crippen molar-refractivity contribution in [2.45, 2.75) is 6.54 Å². The summed E-state index contributed by atoms with van der Waals surface area (Å²) >= 11 is 0. The Morgan fingerprint density at radius 1 is 1.35 bits per heavy atom. The molecule has 0 aliphatic rings. The van der Waals surface area contributed by atoms with E-state index in [0.29, 0.717) is 5.56 Å². The van der Waals surface area contributed by atoms with Gasteiger partial charge in [0.25, 0.3) is 11.2 Å². The number of nitro groups is 1. The Balaban J connectivity index is 2.45. The van der Waals surface area contributed by atoms with Gasteiger partial charge < -0.3 is 4.57 Å². The van der Waals surface area contributed by atoms with E-state index in [2.05, 4.69) is 0 Å². The Labute approximate surface area is 112 Å². The molecule has 7 heteroatoms. The number of pyridine rings is 1. The molecule has 0 aliphatic heterocycles. The number of benzene rings is 1. The van der Waals surface area contributed by atoms with Crippen LogP contribution in [-0.2, 0) is 6.54 Å². The summed E-state index contributed by atoms with van der Waals surface area (Å²) in [5, 5.41) is 19.6. The fraction of sp³-hybridized carbons (Fsp3) is 0.0769. The SMILES string of the molecule is N#Cc1cc(F)ccc1Cn1cc([N+](=O)[O-])ccc1=O. The molecular formula is C13H8FN3O3. The predicted molar refractivity (Wildman–Crippen MR) is 67.6 cm³/mol. The van der Waals surface area contributed by atoms with Crippen LogP contribution >= 0.6 is 0 Å². The Kier molecular flexibility index (Phi) is 3.57. The standard InChI is InChI=1S/C13H8FN3O3/c14-11-2-1-9(10(5-11)6-15)7-16-8-12(17(19)20)3-4-13(16)18/h1-5,8H,7H2. The van der Waals surface area contributed by atoms with Crippen molar-refractivity contribution in [1.82, 2.24) is 4.57 Å². The Hall–Kier alpha value is -3.01. The highest BCUT2D eigenvalue weighted by atomic mass is 19.1. The van der Waals surface area contributed by atoms with Crippen LogP contribution in [-0.4, -0.2) is 9.49 Å². The topological polar surface area (TPSA) is 88.9 Å². The Morgan fingerprint density at radius 2 is 2.10 bits per heavy atom. The van der Waals surface area contributed by atoms with E-state index in [1.165, 1.54) is 12.1 Å². The minimum absolute atomic E-state index is 0.0380. The zero-order chi connectivity index (χ0) is 14.7. The second kappa shape index (κ2) is 5.32. The first-order valence-electron chi connectivity index (χ1n) is 5.54. The van der Waals surface area contributed by atoms with Gasteiger partial charge in [0.1, 0.15) is 5.82 Å². The van der Waals surface area contributed by atoms with E-state index in [-0.39, 0.29) is 17.8 Å². The van der Waals surface area contributed by atoms with Crippen LogP contribution in [0.15, 0.2) is 41.3 Å². The van der Waals surface area contributed by atoms with Crippen molar-refractivity contribution in [3.63, 3.8) is 0 Å². The van der Waals surface area contributed by atoms with E-state index in [4.69, 9.17) is 5.26 Å². The van der Waals surface area contributed by atoms with Crippen LogP contribution in [0.5, 0.6) is 0 Å². The summed E-state index contributed by atoms with van der Waals surface area (Å²) in [6.45, 7) is -0.0380. The lowest BCUT2D eigenvalue weighted by Crippen LogP contribution is -2.19. The lowest BCUT2D eigenvalue weighted by molar-refractivity contribution is -0.385. The first kappa shape index (κ1) is 13.4. The van der Waals surface area contributed by atoms with E-state index >= 15 is 0 Å². The Morgan fingerprint density at radius 3 is 2.75 bits per heavy atom. The van der Waals surface area contributed by atoms with Gasteiger partial charge in [-0.15, -0.1) is 0 Å². The van der Waals surface area contributed by atoms with Crippen molar-refractivity contribution < 1.29 is 9.31 Å². The van der Waals surface area contributed by atoms with Crippen LogP contribution in [0.25, 0.3) is 0 Å². The maximum absolute atomic E-state index is 13.0. The molecule has 0 radical (unpaired) electrons. The molecule has 0 aliphatic carbocycles. The van der Waals surface area contributed by atoms with Crippen molar-refractivity contribution in [2.24, 2.45) is 0 Å². The van der Waals surface area contributed by atoms with E-state index in [1.807, 2.05) is 6.07 Å². The molecule has 0 N–H and O–H groups in total. The number of aromatic nitrogens is 1. The molecule has 0 fully saturated rings. The molecule has 0 saturated carbocycles. The predicted octanol–water partition coefficient (Wildman–Crippen LogP) is 1.82. The fourth-order valence-electron chi connectivity index (χ4n) is 1.72. The van der Waals surface area contributed by atoms with Gasteiger partial charge in [0, 0.05) is 12.1 Å². The summed E-state index contributed by atoms with van der Waals surface area (Å²) in [5.74, 6) is -0.559. The number of hydrogen-bond donors (Lipinski definition) is 0. The molecule has 2 aromatic rings. The molecule has 1 heterocycles. The Bertz CT molecular complexity index is 777. The summed E-state index contributed by atoms with van der Waals surface area (Å²) in [4.78, 5) is 21.7. The van der Waals surface area contributed by atoms with Crippen LogP contribution in [0.1, 0.15) is 11.1 Å². The number of nitriles is 1. The summed E-state index contributed by atoms with van der Waals surface area (Å²) < 4.78 is 14.1. The third-order valence-electron chi connectivity index (χ3n) is 2.71. The van der Waals surface area contributed by atoms with Gasteiger partial charge in [-0.25, -0.2) is 4.39 Å². The molecule has 6 nitrogen and oxygen atoms in total. The molecule has 20 heavy (non-hydrogen) atoms. The normalized spacial score (nSPS) is 10.0. The summed E-state index contributed by atoms with van der Waals surface area (Å²) in [7, 11) is 0. The molecule has 0 bridgehead atoms. The molecule has 1 aromatic heterocycles. The monoisotopic (exact) mass is 273 g/mol. The van der Waals surface area contributed by atoms with E-state index < -0.39 is 16.3 Å². The van der Waals surface area contributed by atoms with Crippen molar-refractivity contribution in [1.29, 1.82) is 5.26 Å². The second-order valence-corrected chi connectivity index (χ2v) is 4.02. The van der Waals surface area contributed by atoms with Crippen molar-refractivity contribution >= 4 is 5.69 Å². The van der Waals surface area contributed by atoms with Crippen LogP contribution in [0.2, 0.25) is 0 Å². The van der Waals surface area contributed by atoms with Gasteiger partial charge in [0.05, 0.1) is 29.3 Å². The van der Waals surface area contributed by atoms with Gasteiger partial charge in [0.15, 0.2) is 0 Å². The molecule has 100 valence electrons. The number of nitrogens with zero attached hydrogens (tertiary/aromatic N) is 3. The minimum Gasteiger partial charge on any atom is -0.304 e. The van der Waals surface area contributed by atoms with Gasteiger partial charge >= 0.3 is 0 Å². The van der Waals surface area contributed by atoms with Crippen molar-refractivity contribution in [2.75, 3.05) is 0 Å². The molecule has 0 unspecified atom stereocenters. The van der Waals surface area contributed by atoms with Gasteiger partial charge in [-0.2, -0.15) is 5.26 Å². The highest BCUT2D eigenvalue weighted by Gasteiger charge is 2.10. The third kappa shape index (κ3) is 2.70. The van der Waals surface area contributed by atoms with Gasteiger partial charge in [-0.05, 0) is 17.7 Å². The molecule has 0 spiro atoms. The number of halogens is 1. The highest BCUT2D eigenvalue weighted by molar-refractivity contribution is 5.38. The average Bonchev–Trinajstić information content (AvgIpc) is 2.42. The molecule has 0 saturated heterocycles. The number of rotatable bonds is 3. The van der Waals surface area contributed by atoms with Crippen LogP contribution < -0.4 is 5.56 Å². The lowest BCUT2D eigenvalue weighted by atomic mass is 10.1. The zero-order valence-electron chi connectivity index (χ0n) is 10.1. The van der Waals surface area contributed by atoms with Gasteiger partial charge in [-0.3, -0.25) is 14.9 Å². The lowest BCUT2D eigenvalue weighted by Gasteiger charge is -2.07. The van der Waals surface area contributed by atoms with Crippen LogP contribution in [0.3, 0.4) is 0 Å². The molecule has 1 aromatic carbocycles. The summed E-state index contributed by atoms with van der Waals surface area (Å²) in [5.41, 5.74) is -0.172. The third-order valence-corrected chi connectivity index (χ3v) is 2.71. The summed E-state index contributed by atoms with van der Waals surface area (Å²) in [6.07, 6.45) is 1.09. The molecular weight excluding hydrogens is 265 g/mol. The van der Waals surface area contributed by atoms with E-state index in [0.717, 1.165) is 29.0 Å². The van der Waals surface area contributed by atoms with E-state index in [1.54, 1.807) is 0 Å². The summed E-state index contributed by atoms with van der Waals surface area (Å²) in [6, 6.07) is 7.60. The number of hydrogen-bond acceptors (Lipinski definition) is 4. The van der Waals surface area contributed by atoms with Crippen molar-refractivity contribution in [3.8, 4) is 6.07 Å². The minimum atomic E-state index is -0.619. The van der Waals surface area contributed by atoms with Gasteiger partial charge in [-0.1, -0.05) is 6.07 Å². The van der Waals surface area contributed by atoms with Crippen LogP contribution in [0.4, 0.5) is 10.1 Å².